The Morgan fingerprint density at radius 2 is 2.38 bits per heavy atom. The minimum Gasteiger partial charge on any atom is -0.310 e. The molecule has 0 unspecified atom stereocenters. The normalized spacial score (nSPS) is 11.0. The van der Waals surface area contributed by atoms with Gasteiger partial charge in [-0.15, -0.1) is 0 Å². The lowest BCUT2D eigenvalue weighted by Crippen LogP contribution is -2.32. The van der Waals surface area contributed by atoms with E-state index in [4.69, 9.17) is 0 Å². The quantitative estimate of drug-likeness (QED) is 0.241. The Bertz CT molecular complexity index is 99.5. The zero-order valence-electron chi connectivity index (χ0n) is 4.93. The molecule has 0 heterocycles. The fourth-order valence-electron chi connectivity index (χ4n) is 0.292. The first-order chi connectivity index (χ1) is 3.81. The summed E-state index contributed by atoms with van der Waals surface area (Å²) in [4.78, 5) is 3.75. The van der Waals surface area contributed by atoms with Crippen LogP contribution in [0.2, 0.25) is 0 Å². The first-order valence-corrected chi connectivity index (χ1v) is 2.69. The minimum absolute atomic E-state index is 0.766. The summed E-state index contributed by atoms with van der Waals surface area (Å²) in [6.45, 7) is 1.82. The molecule has 0 saturated heterocycles. The molecule has 46 valence electrons. The predicted molar refractivity (Wildman–Crippen MR) is 39.0 cm³/mol. The highest BCUT2D eigenvalue weighted by Crippen LogP contribution is 1.64. The molecule has 0 saturated carbocycles. The van der Waals surface area contributed by atoms with Crippen LogP contribution in [0.1, 0.15) is 6.92 Å². The van der Waals surface area contributed by atoms with E-state index in [0.29, 0.717) is 0 Å². The maximum Gasteiger partial charge on any atom is 0.113 e. The number of hydrogen-bond donors (Lipinski definition) is 2. The first-order valence-electron chi connectivity index (χ1n) is 2.22. The third-order valence-electron chi connectivity index (χ3n) is 0.552. The summed E-state index contributed by atoms with van der Waals surface area (Å²) in [6.07, 6.45) is 0. The average molecular weight is 131 g/mol. The van der Waals surface area contributed by atoms with Gasteiger partial charge in [-0.1, -0.05) is 12.2 Å². The summed E-state index contributed by atoms with van der Waals surface area (Å²) in [6, 6.07) is 0. The SMILES string of the molecule is CNNC(C)=NC=S. The molecule has 4 heteroatoms. The van der Waals surface area contributed by atoms with Gasteiger partial charge in [0.05, 0.1) is 5.49 Å². The van der Waals surface area contributed by atoms with Gasteiger partial charge in [0.2, 0.25) is 0 Å². The molecular formula is C4H9N3S. The fraction of sp³-hybridized carbons (Fsp3) is 0.500. The largest absolute Gasteiger partial charge is 0.310 e. The van der Waals surface area contributed by atoms with Gasteiger partial charge in [0.25, 0.3) is 0 Å². The molecule has 0 aromatic heterocycles. The molecule has 0 bridgehead atoms. The van der Waals surface area contributed by atoms with E-state index in [1.165, 1.54) is 5.49 Å². The number of amidine groups is 1. The number of rotatable bonds is 2. The van der Waals surface area contributed by atoms with Crippen molar-refractivity contribution < 1.29 is 0 Å². The molecule has 0 atom stereocenters. The fourth-order valence-corrected chi connectivity index (χ4v) is 0.450. The highest BCUT2D eigenvalue weighted by atomic mass is 32.1. The van der Waals surface area contributed by atoms with E-state index >= 15 is 0 Å². The summed E-state index contributed by atoms with van der Waals surface area (Å²) < 4.78 is 0. The lowest BCUT2D eigenvalue weighted by Gasteiger charge is -1.98. The van der Waals surface area contributed by atoms with Crippen LogP contribution in [0.5, 0.6) is 0 Å². The number of nitrogens with one attached hydrogen (secondary N) is 2. The molecule has 0 rings (SSSR count). The van der Waals surface area contributed by atoms with E-state index < -0.39 is 0 Å². The third kappa shape index (κ3) is 3.70. The second kappa shape index (κ2) is 4.67. The second-order valence-corrected chi connectivity index (χ2v) is 1.41. The molecule has 3 nitrogen and oxygen atoms in total. The molecule has 8 heavy (non-hydrogen) atoms. The van der Waals surface area contributed by atoms with E-state index in [-0.39, 0.29) is 0 Å². The van der Waals surface area contributed by atoms with Gasteiger partial charge in [0.15, 0.2) is 0 Å². The van der Waals surface area contributed by atoms with Crippen LogP contribution in [0, 0.1) is 0 Å². The third-order valence-corrected chi connectivity index (χ3v) is 0.658. The number of nitrogens with zero attached hydrogens (tertiary/aromatic N) is 1. The molecule has 0 amide bonds. The lowest BCUT2D eigenvalue weighted by atomic mass is 10.7. The Kier molecular flexibility index (Phi) is 4.39. The zero-order chi connectivity index (χ0) is 6.41. The number of hydrazine groups is 1. The Morgan fingerprint density at radius 3 is 2.75 bits per heavy atom. The van der Waals surface area contributed by atoms with Crippen LogP contribution in [-0.4, -0.2) is 18.4 Å². The molecule has 0 aliphatic rings. The summed E-state index contributed by atoms with van der Waals surface area (Å²) in [7, 11) is 1.77. The Hall–Kier alpha value is -0.480. The Balaban J connectivity index is 3.44. The maximum absolute atomic E-state index is 4.46. The summed E-state index contributed by atoms with van der Waals surface area (Å²) in [5.41, 5.74) is 6.77. The van der Waals surface area contributed by atoms with Gasteiger partial charge in [0.1, 0.15) is 5.84 Å². The summed E-state index contributed by atoms with van der Waals surface area (Å²) >= 11 is 4.46. The van der Waals surface area contributed by atoms with Crippen LogP contribution in [0.25, 0.3) is 0 Å². The van der Waals surface area contributed by atoms with Crippen molar-refractivity contribution in [1.29, 1.82) is 0 Å². The van der Waals surface area contributed by atoms with Gasteiger partial charge >= 0.3 is 0 Å². The van der Waals surface area contributed by atoms with E-state index in [1.54, 1.807) is 7.05 Å². The van der Waals surface area contributed by atoms with Crippen molar-refractivity contribution in [3.63, 3.8) is 0 Å². The van der Waals surface area contributed by atoms with Gasteiger partial charge < -0.3 is 5.43 Å². The van der Waals surface area contributed by atoms with Crippen molar-refractivity contribution >= 4 is 23.5 Å². The molecule has 0 aromatic carbocycles. The van der Waals surface area contributed by atoms with Crippen molar-refractivity contribution in [2.75, 3.05) is 7.05 Å². The first kappa shape index (κ1) is 7.52. The van der Waals surface area contributed by atoms with Crippen LogP contribution in [0.15, 0.2) is 4.99 Å². The van der Waals surface area contributed by atoms with Crippen molar-refractivity contribution in [2.45, 2.75) is 6.92 Å². The van der Waals surface area contributed by atoms with Crippen LogP contribution in [-0.2, 0) is 0 Å². The molecule has 0 radical (unpaired) electrons. The second-order valence-electron chi connectivity index (χ2n) is 1.19. The standard InChI is InChI=1S/C4H9N3S/c1-4(6-3-8)7-5-2/h3,5H,1-2H3,(H,6,7,8). The molecule has 0 fully saturated rings. The molecule has 2 N–H and O–H groups in total. The highest BCUT2D eigenvalue weighted by Gasteiger charge is 1.78. The van der Waals surface area contributed by atoms with Crippen molar-refractivity contribution in [1.82, 2.24) is 10.9 Å². The van der Waals surface area contributed by atoms with Crippen LogP contribution in [0.3, 0.4) is 0 Å². The summed E-state index contributed by atoms with van der Waals surface area (Å²) in [5.74, 6) is 0.766. The predicted octanol–water partition coefficient (Wildman–Crippen LogP) is 0.0860. The molecular weight excluding hydrogens is 122 g/mol. The van der Waals surface area contributed by atoms with E-state index in [1.807, 2.05) is 6.92 Å². The van der Waals surface area contributed by atoms with Crippen molar-refractivity contribution in [2.24, 2.45) is 4.99 Å². The zero-order valence-corrected chi connectivity index (χ0v) is 5.75. The van der Waals surface area contributed by atoms with Gasteiger partial charge in [-0.05, 0) is 6.92 Å². The van der Waals surface area contributed by atoms with Gasteiger partial charge in [-0.3, -0.25) is 0 Å². The van der Waals surface area contributed by atoms with Crippen molar-refractivity contribution in [3.8, 4) is 0 Å². The molecule has 0 aromatic rings. The monoisotopic (exact) mass is 131 g/mol. The summed E-state index contributed by atoms with van der Waals surface area (Å²) in [5, 5.41) is 0. The van der Waals surface area contributed by atoms with Gasteiger partial charge in [-0.2, -0.15) is 0 Å². The smallest absolute Gasteiger partial charge is 0.113 e. The van der Waals surface area contributed by atoms with Crippen LogP contribution in [0.4, 0.5) is 0 Å². The van der Waals surface area contributed by atoms with Crippen molar-refractivity contribution in [3.05, 3.63) is 0 Å². The molecule has 0 aliphatic heterocycles. The lowest BCUT2D eigenvalue weighted by molar-refractivity contribution is 0.766. The topological polar surface area (TPSA) is 36.4 Å². The highest BCUT2D eigenvalue weighted by molar-refractivity contribution is 7.78. The number of aliphatic imine (C=N–C) groups is 1. The Labute approximate surface area is 54.2 Å². The van der Waals surface area contributed by atoms with Gasteiger partial charge in [-0.25, -0.2) is 10.4 Å². The van der Waals surface area contributed by atoms with Gasteiger partial charge in [0, 0.05) is 7.05 Å². The van der Waals surface area contributed by atoms with E-state index in [0.717, 1.165) is 5.84 Å². The molecule has 0 spiro atoms. The number of thiocarbonyl (C=S) groups is 1. The number of hydrogen-bond acceptors (Lipinski definition) is 2. The molecule has 0 aliphatic carbocycles. The van der Waals surface area contributed by atoms with E-state index in [9.17, 15) is 0 Å². The van der Waals surface area contributed by atoms with Crippen LogP contribution < -0.4 is 10.9 Å². The van der Waals surface area contributed by atoms with Crippen LogP contribution >= 0.6 is 12.2 Å². The van der Waals surface area contributed by atoms with E-state index in [2.05, 4.69) is 28.1 Å². The maximum atomic E-state index is 4.46. The Morgan fingerprint density at radius 1 is 1.75 bits per heavy atom. The average Bonchev–Trinajstić information content (AvgIpc) is 1.68. The minimum atomic E-state index is 0.766.